The summed E-state index contributed by atoms with van der Waals surface area (Å²) in [5, 5.41) is 20.7. The van der Waals surface area contributed by atoms with Crippen molar-refractivity contribution in [2.24, 2.45) is 5.73 Å². The van der Waals surface area contributed by atoms with Crippen molar-refractivity contribution in [3.63, 3.8) is 0 Å². The van der Waals surface area contributed by atoms with E-state index in [0.717, 1.165) is 16.5 Å². The molecule has 1 heterocycles. The van der Waals surface area contributed by atoms with Crippen molar-refractivity contribution >= 4 is 41.0 Å². The van der Waals surface area contributed by atoms with E-state index in [4.69, 9.17) is 33.7 Å². The Labute approximate surface area is 256 Å². The van der Waals surface area contributed by atoms with Crippen LogP contribution in [0, 0.1) is 29.9 Å². The third-order valence-corrected chi connectivity index (χ3v) is 8.18. The van der Waals surface area contributed by atoms with Crippen LogP contribution in [0.1, 0.15) is 46.3 Å². The molecule has 43 heavy (non-hydrogen) atoms. The van der Waals surface area contributed by atoms with Gasteiger partial charge in [0.2, 0.25) is 5.91 Å². The molecule has 1 aliphatic rings. The topological polar surface area (TPSA) is 134 Å². The summed E-state index contributed by atoms with van der Waals surface area (Å²) in [5.74, 6) is -6.15. The van der Waals surface area contributed by atoms with Gasteiger partial charge < -0.3 is 20.5 Å². The Morgan fingerprint density at radius 1 is 1.14 bits per heavy atom. The molecule has 3 aromatic carbocycles. The molecular weight excluding hydrogens is 603 g/mol. The average Bonchev–Trinajstić information content (AvgIpc) is 3.21. The van der Waals surface area contributed by atoms with Gasteiger partial charge in [-0.25, -0.2) is 13.6 Å². The van der Waals surface area contributed by atoms with Crippen molar-refractivity contribution in [2.75, 3.05) is 6.61 Å². The third-order valence-electron chi connectivity index (χ3n) is 7.66. The molecule has 0 aliphatic carbocycles. The van der Waals surface area contributed by atoms with E-state index in [9.17, 15) is 24.8 Å². The summed E-state index contributed by atoms with van der Waals surface area (Å²) in [5.41, 5.74) is 3.44. The first-order valence-corrected chi connectivity index (χ1v) is 13.9. The second kappa shape index (κ2) is 12.7. The Morgan fingerprint density at radius 2 is 1.84 bits per heavy atom. The summed E-state index contributed by atoms with van der Waals surface area (Å²) in [4.78, 5) is 40.4. The summed E-state index contributed by atoms with van der Waals surface area (Å²) in [6.45, 7) is 2.51. The van der Waals surface area contributed by atoms with Crippen molar-refractivity contribution in [1.82, 2.24) is 4.90 Å². The number of primary amides is 1. The molecule has 4 rings (SSSR count). The highest BCUT2D eigenvalue weighted by atomic mass is 35.5. The van der Waals surface area contributed by atoms with Crippen LogP contribution >= 0.6 is 23.2 Å². The predicted molar refractivity (Wildman–Crippen MR) is 154 cm³/mol. The van der Waals surface area contributed by atoms with E-state index in [-0.39, 0.29) is 26.7 Å². The lowest BCUT2D eigenvalue weighted by Crippen LogP contribution is -2.47. The first-order valence-electron chi connectivity index (χ1n) is 13.2. The smallest absolute Gasteiger partial charge is 0.329 e. The standard InChI is InChI=1S/C31H27Cl2F2N3O5/c1-16-5-3-6-18(11-16)29(41)38-17(2)31(15-36,22-10-9-19(32)12-24(22)34)26(21-7-4-8-23(33)27(21)35)28(38)30(42)43-14-20(39)13-25(37)40/h3-12,17,20,26,28,39H,13-14H2,1-2H3,(H2,37,40)/t17-,20?,26-,28+,31+/m0/s1. The summed E-state index contributed by atoms with van der Waals surface area (Å²) in [7, 11) is 0. The number of likely N-dealkylation sites (tertiary alicyclic amines) is 1. The minimum atomic E-state index is -2.07. The lowest BCUT2D eigenvalue weighted by atomic mass is 9.65. The first kappa shape index (κ1) is 31.9. The number of esters is 1. The van der Waals surface area contributed by atoms with E-state index in [1.165, 1.54) is 43.3 Å². The predicted octanol–water partition coefficient (Wildman–Crippen LogP) is 4.82. The molecule has 0 bridgehead atoms. The largest absolute Gasteiger partial charge is 0.461 e. The summed E-state index contributed by atoms with van der Waals surface area (Å²) < 4.78 is 36.9. The van der Waals surface area contributed by atoms with E-state index >= 15 is 8.78 Å². The van der Waals surface area contributed by atoms with Crippen molar-refractivity contribution in [3.8, 4) is 6.07 Å². The Bertz CT molecular complexity index is 1630. The van der Waals surface area contributed by atoms with Crippen LogP contribution in [0.25, 0.3) is 0 Å². The van der Waals surface area contributed by atoms with Gasteiger partial charge in [0.1, 0.15) is 29.7 Å². The lowest BCUT2D eigenvalue weighted by Gasteiger charge is -2.34. The van der Waals surface area contributed by atoms with Crippen molar-refractivity contribution in [1.29, 1.82) is 5.26 Å². The molecule has 224 valence electrons. The number of amides is 2. The molecule has 0 radical (unpaired) electrons. The monoisotopic (exact) mass is 629 g/mol. The number of carbonyl (C=O) groups excluding carboxylic acids is 3. The summed E-state index contributed by atoms with van der Waals surface area (Å²) in [6.07, 6.45) is -2.00. The van der Waals surface area contributed by atoms with Crippen LogP contribution in [-0.4, -0.2) is 52.6 Å². The number of nitrogens with zero attached hydrogens (tertiary/aromatic N) is 2. The van der Waals surface area contributed by atoms with E-state index < -0.39 is 72.0 Å². The van der Waals surface area contributed by atoms with Crippen LogP contribution in [0.15, 0.2) is 60.7 Å². The van der Waals surface area contributed by atoms with E-state index in [0.29, 0.717) is 0 Å². The highest BCUT2D eigenvalue weighted by Gasteiger charge is 2.65. The molecule has 1 aliphatic heterocycles. The normalized spacial score (nSPS) is 22.1. The highest BCUT2D eigenvalue weighted by molar-refractivity contribution is 6.31. The van der Waals surface area contributed by atoms with Crippen LogP contribution in [0.2, 0.25) is 10.0 Å². The Morgan fingerprint density at radius 3 is 2.47 bits per heavy atom. The zero-order valence-corrected chi connectivity index (χ0v) is 24.6. The average molecular weight is 630 g/mol. The van der Waals surface area contributed by atoms with Gasteiger partial charge in [0.15, 0.2) is 0 Å². The van der Waals surface area contributed by atoms with Gasteiger partial charge in [0.25, 0.3) is 5.91 Å². The molecular formula is C31H27Cl2F2N3O5. The molecule has 5 atom stereocenters. The van der Waals surface area contributed by atoms with Crippen LogP contribution < -0.4 is 5.73 Å². The maximum atomic E-state index is 15.8. The van der Waals surface area contributed by atoms with Gasteiger partial charge in [-0.15, -0.1) is 0 Å². The number of rotatable bonds is 8. The number of aliphatic hydroxyl groups is 1. The number of halogens is 4. The minimum Gasteiger partial charge on any atom is -0.461 e. The second-order valence-electron chi connectivity index (χ2n) is 10.4. The van der Waals surface area contributed by atoms with Gasteiger partial charge in [-0.05, 0) is 49.7 Å². The molecule has 12 heteroatoms. The fourth-order valence-corrected chi connectivity index (χ4v) is 6.12. The highest BCUT2D eigenvalue weighted by Crippen LogP contribution is 2.55. The number of carbonyl (C=O) groups is 3. The fourth-order valence-electron chi connectivity index (χ4n) is 5.78. The van der Waals surface area contributed by atoms with Crippen LogP contribution in [-0.2, 0) is 19.7 Å². The third kappa shape index (κ3) is 5.93. The maximum absolute atomic E-state index is 15.8. The number of hydrogen-bond acceptors (Lipinski definition) is 6. The number of hydrogen-bond donors (Lipinski definition) is 2. The number of nitrogens with two attached hydrogens (primary N) is 1. The molecule has 2 amide bonds. The van der Waals surface area contributed by atoms with E-state index in [2.05, 4.69) is 6.07 Å². The lowest BCUT2D eigenvalue weighted by molar-refractivity contribution is -0.152. The quantitative estimate of drug-likeness (QED) is 0.343. The zero-order valence-electron chi connectivity index (χ0n) is 23.1. The Kier molecular flexibility index (Phi) is 9.40. The van der Waals surface area contributed by atoms with Crippen LogP contribution in [0.5, 0.6) is 0 Å². The SMILES string of the molecule is Cc1cccc(C(=O)N2[C@@H](C)[C@](C#N)(c3ccc(Cl)cc3F)[C@@H](c3cccc(Cl)c3F)[C@@H]2C(=O)OCC(O)CC(N)=O)c1. The zero-order chi connectivity index (χ0) is 31.6. The summed E-state index contributed by atoms with van der Waals surface area (Å²) >= 11 is 12.1. The van der Waals surface area contributed by atoms with Gasteiger partial charge in [0, 0.05) is 22.1 Å². The van der Waals surface area contributed by atoms with Crippen molar-refractivity contribution in [3.05, 3.63) is 105 Å². The second-order valence-corrected chi connectivity index (χ2v) is 11.2. The van der Waals surface area contributed by atoms with Gasteiger partial charge in [-0.2, -0.15) is 5.26 Å². The van der Waals surface area contributed by atoms with Gasteiger partial charge >= 0.3 is 5.97 Å². The number of aryl methyl sites for hydroxylation is 1. The fraction of sp³-hybridized carbons (Fsp3) is 0.290. The number of nitriles is 1. The molecule has 0 saturated carbocycles. The molecule has 0 aromatic heterocycles. The van der Waals surface area contributed by atoms with Crippen LogP contribution in [0.3, 0.4) is 0 Å². The molecule has 1 unspecified atom stereocenters. The molecule has 3 N–H and O–H groups in total. The van der Waals surface area contributed by atoms with E-state index in [1.54, 1.807) is 25.1 Å². The molecule has 1 saturated heterocycles. The van der Waals surface area contributed by atoms with Gasteiger partial charge in [-0.3, -0.25) is 9.59 Å². The number of benzene rings is 3. The maximum Gasteiger partial charge on any atom is 0.329 e. The molecule has 3 aromatic rings. The number of aliphatic hydroxyl groups excluding tert-OH is 1. The van der Waals surface area contributed by atoms with Crippen molar-refractivity contribution < 1.29 is 33.0 Å². The Hall–Kier alpha value is -4.04. The minimum absolute atomic E-state index is 0.0255. The molecule has 1 fully saturated rings. The first-order chi connectivity index (χ1) is 20.3. The van der Waals surface area contributed by atoms with E-state index in [1.807, 2.05) is 0 Å². The number of ether oxygens (including phenoxy) is 1. The van der Waals surface area contributed by atoms with Crippen LogP contribution in [0.4, 0.5) is 8.78 Å². The summed E-state index contributed by atoms with van der Waals surface area (Å²) in [6, 6.07) is 13.1. The van der Waals surface area contributed by atoms with Crippen molar-refractivity contribution in [2.45, 2.75) is 49.8 Å². The Balaban J connectivity index is 2.00. The van der Waals surface area contributed by atoms with Gasteiger partial charge in [-0.1, -0.05) is 59.1 Å². The molecule has 0 spiro atoms. The molecule has 8 nitrogen and oxygen atoms in total. The van der Waals surface area contributed by atoms with Gasteiger partial charge in [0.05, 0.1) is 29.7 Å².